The average molecular weight is 257 g/mol. The van der Waals surface area contributed by atoms with E-state index < -0.39 is 5.54 Å². The van der Waals surface area contributed by atoms with Crippen molar-refractivity contribution in [3.05, 3.63) is 0 Å². The number of hydrogen-bond acceptors (Lipinski definition) is 4. The van der Waals surface area contributed by atoms with Crippen molar-refractivity contribution in [3.8, 4) is 0 Å². The predicted octanol–water partition coefficient (Wildman–Crippen LogP) is 2.35. The van der Waals surface area contributed by atoms with Gasteiger partial charge in [-0.3, -0.25) is 10.1 Å². The number of thioether (sulfide) groups is 1. The van der Waals surface area contributed by atoms with E-state index >= 15 is 0 Å². The first-order valence-electron chi connectivity index (χ1n) is 6.79. The van der Waals surface area contributed by atoms with Gasteiger partial charge in [0.15, 0.2) is 0 Å². The molecule has 2 rings (SSSR count). The molecule has 1 unspecified atom stereocenters. The fraction of sp³-hybridized carbons (Fsp3) is 0.923. The predicted molar refractivity (Wildman–Crippen MR) is 71.3 cm³/mol. The minimum Gasteiger partial charge on any atom is -0.465 e. The molecular weight excluding hydrogens is 234 g/mol. The highest BCUT2D eigenvalue weighted by Gasteiger charge is 2.42. The van der Waals surface area contributed by atoms with E-state index in [2.05, 4.69) is 5.32 Å². The Kier molecular flexibility index (Phi) is 4.74. The molecule has 1 aliphatic carbocycles. The van der Waals surface area contributed by atoms with E-state index in [0.717, 1.165) is 18.6 Å². The molecule has 0 bridgehead atoms. The van der Waals surface area contributed by atoms with Crippen LogP contribution in [0.1, 0.15) is 45.4 Å². The van der Waals surface area contributed by atoms with Crippen molar-refractivity contribution in [2.24, 2.45) is 0 Å². The Morgan fingerprint density at radius 3 is 2.76 bits per heavy atom. The zero-order valence-electron chi connectivity index (χ0n) is 10.7. The largest absolute Gasteiger partial charge is 0.465 e. The highest BCUT2D eigenvalue weighted by molar-refractivity contribution is 7.99. The quantitative estimate of drug-likeness (QED) is 0.785. The number of rotatable bonds is 4. The van der Waals surface area contributed by atoms with E-state index in [-0.39, 0.29) is 5.97 Å². The first kappa shape index (κ1) is 13.2. The van der Waals surface area contributed by atoms with E-state index in [0.29, 0.717) is 12.6 Å². The Bertz CT molecular complexity index is 258. The van der Waals surface area contributed by atoms with Gasteiger partial charge in [-0.1, -0.05) is 12.8 Å². The van der Waals surface area contributed by atoms with Crippen LogP contribution in [0.2, 0.25) is 0 Å². The molecule has 3 nitrogen and oxygen atoms in total. The summed E-state index contributed by atoms with van der Waals surface area (Å²) in [5, 5.41) is 3.62. The van der Waals surface area contributed by atoms with Crippen LogP contribution >= 0.6 is 11.8 Å². The molecule has 17 heavy (non-hydrogen) atoms. The van der Waals surface area contributed by atoms with Gasteiger partial charge < -0.3 is 4.74 Å². The Morgan fingerprint density at radius 2 is 2.18 bits per heavy atom. The van der Waals surface area contributed by atoms with E-state index in [1.54, 1.807) is 0 Å². The van der Waals surface area contributed by atoms with Crippen molar-refractivity contribution in [1.29, 1.82) is 0 Å². The molecule has 0 aromatic carbocycles. The van der Waals surface area contributed by atoms with Crippen molar-refractivity contribution >= 4 is 17.7 Å². The molecule has 0 aromatic heterocycles. The Morgan fingerprint density at radius 1 is 1.41 bits per heavy atom. The average Bonchev–Trinajstić information content (AvgIpc) is 2.83. The molecule has 1 saturated heterocycles. The summed E-state index contributed by atoms with van der Waals surface area (Å²) < 4.78 is 5.28. The third kappa shape index (κ3) is 3.16. The minimum atomic E-state index is -0.395. The lowest BCUT2D eigenvalue weighted by Gasteiger charge is -2.37. The topological polar surface area (TPSA) is 38.3 Å². The Labute approximate surface area is 108 Å². The van der Waals surface area contributed by atoms with Gasteiger partial charge in [0.05, 0.1) is 6.61 Å². The van der Waals surface area contributed by atoms with E-state index in [1.807, 2.05) is 18.7 Å². The summed E-state index contributed by atoms with van der Waals surface area (Å²) in [5.74, 6) is 2.02. The molecule has 4 heteroatoms. The second-order valence-electron chi connectivity index (χ2n) is 5.08. The van der Waals surface area contributed by atoms with Crippen molar-refractivity contribution in [2.75, 3.05) is 18.1 Å². The first-order chi connectivity index (χ1) is 8.27. The van der Waals surface area contributed by atoms with Gasteiger partial charge in [0.2, 0.25) is 0 Å². The second-order valence-corrected chi connectivity index (χ2v) is 6.19. The molecule has 1 heterocycles. The molecule has 1 saturated carbocycles. The van der Waals surface area contributed by atoms with Crippen LogP contribution in [0.25, 0.3) is 0 Å². The maximum atomic E-state index is 12.2. The summed E-state index contributed by atoms with van der Waals surface area (Å²) in [6.45, 7) is 2.37. The molecule has 1 atom stereocenters. The number of esters is 1. The Balaban J connectivity index is 2.02. The number of hydrogen-bond donors (Lipinski definition) is 1. The maximum Gasteiger partial charge on any atom is 0.327 e. The van der Waals surface area contributed by atoms with Crippen LogP contribution in [0, 0.1) is 0 Å². The second kappa shape index (κ2) is 6.10. The zero-order valence-corrected chi connectivity index (χ0v) is 11.5. The standard InChI is InChI=1S/C13H23NO2S/c1-2-16-12(15)13(8-5-9-17-10-13)14-11-6-3-4-7-11/h11,14H,2-10H2,1H3. The monoisotopic (exact) mass is 257 g/mol. The number of nitrogens with one attached hydrogen (secondary N) is 1. The van der Waals surface area contributed by atoms with Crippen molar-refractivity contribution in [2.45, 2.75) is 57.0 Å². The molecule has 98 valence electrons. The summed E-state index contributed by atoms with van der Waals surface area (Å²) in [6, 6.07) is 0.526. The van der Waals surface area contributed by atoms with Crippen molar-refractivity contribution < 1.29 is 9.53 Å². The van der Waals surface area contributed by atoms with E-state index in [1.165, 1.54) is 31.4 Å². The highest BCUT2D eigenvalue weighted by atomic mass is 32.2. The lowest BCUT2D eigenvalue weighted by Crippen LogP contribution is -2.59. The van der Waals surface area contributed by atoms with Gasteiger partial charge in [0.25, 0.3) is 0 Å². The van der Waals surface area contributed by atoms with Gasteiger partial charge in [0, 0.05) is 11.8 Å². The summed E-state index contributed by atoms with van der Waals surface area (Å²) in [6.07, 6.45) is 7.07. The summed E-state index contributed by atoms with van der Waals surface area (Å²) in [4.78, 5) is 12.2. The van der Waals surface area contributed by atoms with Crippen LogP contribution < -0.4 is 5.32 Å². The van der Waals surface area contributed by atoms with Crippen LogP contribution in [0.5, 0.6) is 0 Å². The SMILES string of the molecule is CCOC(=O)C1(NC2CCCC2)CCCSC1. The van der Waals surface area contributed by atoms with Gasteiger partial charge in [-0.05, 0) is 38.4 Å². The third-order valence-electron chi connectivity index (χ3n) is 3.74. The van der Waals surface area contributed by atoms with E-state index in [4.69, 9.17) is 4.74 Å². The van der Waals surface area contributed by atoms with Crippen LogP contribution in [-0.2, 0) is 9.53 Å². The van der Waals surface area contributed by atoms with Crippen molar-refractivity contribution in [3.63, 3.8) is 0 Å². The number of carbonyl (C=O) groups is 1. The van der Waals surface area contributed by atoms with Gasteiger partial charge in [-0.15, -0.1) is 0 Å². The van der Waals surface area contributed by atoms with Gasteiger partial charge >= 0.3 is 5.97 Å². The first-order valence-corrected chi connectivity index (χ1v) is 7.95. The zero-order chi connectivity index (χ0) is 12.1. The summed E-state index contributed by atoms with van der Waals surface area (Å²) in [5.41, 5.74) is -0.395. The molecule has 2 aliphatic rings. The molecule has 2 fully saturated rings. The van der Waals surface area contributed by atoms with Gasteiger partial charge in [-0.2, -0.15) is 11.8 Å². The Hall–Kier alpha value is -0.220. The van der Waals surface area contributed by atoms with Crippen molar-refractivity contribution in [1.82, 2.24) is 5.32 Å². The lowest BCUT2D eigenvalue weighted by molar-refractivity contribution is -0.151. The van der Waals surface area contributed by atoms with Crippen LogP contribution in [0.3, 0.4) is 0 Å². The highest BCUT2D eigenvalue weighted by Crippen LogP contribution is 2.31. The van der Waals surface area contributed by atoms with E-state index in [9.17, 15) is 4.79 Å². The fourth-order valence-electron chi connectivity index (χ4n) is 2.86. The number of ether oxygens (including phenoxy) is 1. The van der Waals surface area contributed by atoms with Crippen LogP contribution in [0.15, 0.2) is 0 Å². The normalized spacial score (nSPS) is 30.4. The van der Waals surface area contributed by atoms with Gasteiger partial charge in [0.1, 0.15) is 5.54 Å². The number of carbonyl (C=O) groups excluding carboxylic acids is 1. The molecule has 1 aliphatic heterocycles. The smallest absolute Gasteiger partial charge is 0.327 e. The third-order valence-corrected chi connectivity index (χ3v) is 5.02. The lowest BCUT2D eigenvalue weighted by atomic mass is 9.93. The minimum absolute atomic E-state index is 0.0286. The molecule has 0 aromatic rings. The van der Waals surface area contributed by atoms with Gasteiger partial charge in [-0.25, -0.2) is 0 Å². The summed E-state index contributed by atoms with van der Waals surface area (Å²) >= 11 is 1.88. The summed E-state index contributed by atoms with van der Waals surface area (Å²) in [7, 11) is 0. The maximum absolute atomic E-state index is 12.2. The van der Waals surface area contributed by atoms with Crippen LogP contribution in [0.4, 0.5) is 0 Å². The van der Waals surface area contributed by atoms with Crippen LogP contribution in [-0.4, -0.2) is 35.7 Å². The molecule has 0 amide bonds. The molecule has 1 N–H and O–H groups in total. The fourth-order valence-corrected chi connectivity index (χ4v) is 4.05. The molecule has 0 radical (unpaired) electrons. The molecular formula is C13H23NO2S. The molecule has 0 spiro atoms.